The second kappa shape index (κ2) is 8.01. The Labute approximate surface area is 155 Å². The van der Waals surface area contributed by atoms with Crippen molar-refractivity contribution < 1.29 is 19.2 Å². The molecule has 3 rings (SSSR count). The predicted molar refractivity (Wildman–Crippen MR) is 101 cm³/mol. The molecule has 27 heavy (non-hydrogen) atoms. The number of nitro benzene ring substituents is 1. The van der Waals surface area contributed by atoms with Gasteiger partial charge in [-0.05, 0) is 42.5 Å². The van der Waals surface area contributed by atoms with Crippen LogP contribution in [0.25, 0.3) is 0 Å². The summed E-state index contributed by atoms with van der Waals surface area (Å²) in [6.07, 6.45) is 0. The van der Waals surface area contributed by atoms with E-state index in [9.17, 15) is 14.9 Å². The van der Waals surface area contributed by atoms with Gasteiger partial charge in [0.25, 0.3) is 11.6 Å². The van der Waals surface area contributed by atoms with Crippen LogP contribution >= 0.6 is 0 Å². The lowest BCUT2D eigenvalue weighted by Crippen LogP contribution is -2.11. The molecular formula is C20H16N2O5. The van der Waals surface area contributed by atoms with E-state index in [1.807, 2.05) is 6.07 Å². The molecule has 0 radical (unpaired) electrons. The molecule has 0 unspecified atom stereocenters. The first kappa shape index (κ1) is 17.9. The Hall–Kier alpha value is -3.87. The maximum absolute atomic E-state index is 12.1. The lowest BCUT2D eigenvalue weighted by atomic mass is 10.2. The zero-order valence-electron chi connectivity index (χ0n) is 14.4. The van der Waals surface area contributed by atoms with Crippen LogP contribution in [0.4, 0.5) is 11.4 Å². The maximum atomic E-state index is 12.1. The summed E-state index contributed by atoms with van der Waals surface area (Å²) < 4.78 is 10.9. The van der Waals surface area contributed by atoms with Crippen molar-refractivity contribution in [2.45, 2.75) is 0 Å². The van der Waals surface area contributed by atoms with Gasteiger partial charge in [-0.25, -0.2) is 0 Å². The molecule has 7 nitrogen and oxygen atoms in total. The van der Waals surface area contributed by atoms with E-state index in [1.54, 1.807) is 48.5 Å². The van der Waals surface area contributed by atoms with Gasteiger partial charge in [0.1, 0.15) is 5.75 Å². The molecule has 0 fully saturated rings. The summed E-state index contributed by atoms with van der Waals surface area (Å²) in [6.45, 7) is 0. The first-order valence-corrected chi connectivity index (χ1v) is 8.03. The van der Waals surface area contributed by atoms with Crippen LogP contribution in [-0.2, 0) is 0 Å². The van der Waals surface area contributed by atoms with E-state index in [0.717, 1.165) is 0 Å². The molecule has 136 valence electrons. The van der Waals surface area contributed by atoms with E-state index in [1.165, 1.54) is 25.3 Å². The number of hydrogen-bond donors (Lipinski definition) is 1. The van der Waals surface area contributed by atoms with Crippen molar-refractivity contribution in [3.8, 4) is 17.2 Å². The largest absolute Gasteiger partial charge is 0.493 e. The van der Waals surface area contributed by atoms with Crippen LogP contribution in [-0.4, -0.2) is 17.9 Å². The van der Waals surface area contributed by atoms with Crippen molar-refractivity contribution in [2.24, 2.45) is 0 Å². The molecule has 0 aliphatic heterocycles. The van der Waals surface area contributed by atoms with Crippen LogP contribution in [0.5, 0.6) is 17.2 Å². The molecule has 0 aliphatic carbocycles. The number of nitrogens with one attached hydrogen (secondary N) is 1. The minimum Gasteiger partial charge on any atom is -0.493 e. The van der Waals surface area contributed by atoms with Crippen LogP contribution in [0, 0.1) is 10.1 Å². The van der Waals surface area contributed by atoms with E-state index in [2.05, 4.69) is 5.32 Å². The molecular weight excluding hydrogens is 348 g/mol. The first-order valence-electron chi connectivity index (χ1n) is 8.03. The monoisotopic (exact) mass is 364 g/mol. The average molecular weight is 364 g/mol. The summed E-state index contributed by atoms with van der Waals surface area (Å²) in [7, 11) is 1.41. The van der Waals surface area contributed by atoms with Gasteiger partial charge in [0.05, 0.1) is 18.1 Å². The molecule has 1 amide bonds. The number of amides is 1. The van der Waals surface area contributed by atoms with Gasteiger partial charge >= 0.3 is 0 Å². The molecule has 0 bridgehead atoms. The van der Waals surface area contributed by atoms with E-state index in [4.69, 9.17) is 9.47 Å². The van der Waals surface area contributed by atoms with Crippen LogP contribution in [0.3, 0.4) is 0 Å². The summed E-state index contributed by atoms with van der Waals surface area (Å²) in [5, 5.41) is 13.6. The summed E-state index contributed by atoms with van der Waals surface area (Å²) in [4.78, 5) is 22.5. The number of carbonyl (C=O) groups is 1. The number of methoxy groups -OCH3 is 1. The summed E-state index contributed by atoms with van der Waals surface area (Å²) in [6, 6.07) is 19.8. The fraction of sp³-hybridized carbons (Fsp3) is 0.0500. The highest BCUT2D eigenvalue weighted by Crippen LogP contribution is 2.34. The zero-order valence-corrected chi connectivity index (χ0v) is 14.4. The number of hydrogen-bond acceptors (Lipinski definition) is 5. The molecule has 0 saturated heterocycles. The van der Waals surface area contributed by atoms with Gasteiger partial charge < -0.3 is 14.8 Å². The second-order valence-corrected chi connectivity index (χ2v) is 5.54. The normalized spacial score (nSPS) is 10.1. The Morgan fingerprint density at radius 2 is 1.67 bits per heavy atom. The fourth-order valence-corrected chi connectivity index (χ4v) is 2.38. The van der Waals surface area contributed by atoms with Gasteiger partial charge in [-0.1, -0.05) is 18.2 Å². The van der Waals surface area contributed by atoms with Crippen molar-refractivity contribution >= 4 is 17.3 Å². The number of nitrogens with zero attached hydrogens (tertiary/aromatic N) is 1. The lowest BCUT2D eigenvalue weighted by molar-refractivity contribution is -0.384. The van der Waals surface area contributed by atoms with Crippen molar-refractivity contribution in [3.63, 3.8) is 0 Å². The standard InChI is InChI=1S/C20H16N2O5/c1-26-19-13-16(22(24)25)9-12-18(19)27-17-10-7-15(8-11-17)21-20(23)14-5-3-2-4-6-14/h2-13H,1H3,(H,21,23). The number of nitro groups is 1. The Bertz CT molecular complexity index is 956. The molecule has 0 aromatic heterocycles. The number of carbonyl (C=O) groups excluding carboxylic acids is 1. The molecule has 0 saturated carbocycles. The molecule has 0 aliphatic rings. The third-order valence-corrected chi connectivity index (χ3v) is 3.73. The van der Waals surface area contributed by atoms with Gasteiger partial charge in [-0.2, -0.15) is 0 Å². The second-order valence-electron chi connectivity index (χ2n) is 5.54. The molecule has 0 atom stereocenters. The van der Waals surface area contributed by atoms with Gasteiger partial charge in [-0.3, -0.25) is 14.9 Å². The topological polar surface area (TPSA) is 90.7 Å². The minimum absolute atomic E-state index is 0.0850. The van der Waals surface area contributed by atoms with E-state index >= 15 is 0 Å². The molecule has 3 aromatic rings. The molecule has 3 aromatic carbocycles. The summed E-state index contributed by atoms with van der Waals surface area (Å²) >= 11 is 0. The van der Waals surface area contributed by atoms with Crippen molar-refractivity contribution in [1.29, 1.82) is 0 Å². The van der Waals surface area contributed by atoms with Crippen LogP contribution in [0.2, 0.25) is 0 Å². The SMILES string of the molecule is COc1cc([N+](=O)[O-])ccc1Oc1ccc(NC(=O)c2ccccc2)cc1. The highest BCUT2D eigenvalue weighted by Gasteiger charge is 2.13. The molecule has 0 heterocycles. The Morgan fingerprint density at radius 3 is 2.30 bits per heavy atom. The smallest absolute Gasteiger partial charge is 0.273 e. The molecule has 1 N–H and O–H groups in total. The van der Waals surface area contributed by atoms with E-state index < -0.39 is 4.92 Å². The number of ether oxygens (including phenoxy) is 2. The van der Waals surface area contributed by atoms with Gasteiger partial charge in [0.2, 0.25) is 0 Å². The summed E-state index contributed by atoms with van der Waals surface area (Å²) in [5.41, 5.74) is 1.10. The molecule has 7 heteroatoms. The quantitative estimate of drug-likeness (QED) is 0.508. The van der Waals surface area contributed by atoms with Crippen LogP contribution in [0.1, 0.15) is 10.4 Å². The van der Waals surface area contributed by atoms with Gasteiger partial charge in [0, 0.05) is 17.3 Å². The third-order valence-electron chi connectivity index (χ3n) is 3.73. The summed E-state index contributed by atoms with van der Waals surface area (Å²) in [5.74, 6) is 0.899. The first-order chi connectivity index (χ1) is 13.1. The van der Waals surface area contributed by atoms with Crippen molar-refractivity contribution in [2.75, 3.05) is 12.4 Å². The Kier molecular flexibility index (Phi) is 5.32. The highest BCUT2D eigenvalue weighted by molar-refractivity contribution is 6.04. The van der Waals surface area contributed by atoms with E-state index in [0.29, 0.717) is 22.7 Å². The minimum atomic E-state index is -0.503. The van der Waals surface area contributed by atoms with Gasteiger partial charge in [-0.15, -0.1) is 0 Å². The molecule has 0 spiro atoms. The van der Waals surface area contributed by atoms with Gasteiger partial charge in [0.15, 0.2) is 11.5 Å². The predicted octanol–water partition coefficient (Wildman–Crippen LogP) is 4.65. The number of rotatable bonds is 6. The van der Waals surface area contributed by atoms with E-state index in [-0.39, 0.29) is 17.3 Å². The lowest BCUT2D eigenvalue weighted by Gasteiger charge is -2.11. The zero-order chi connectivity index (χ0) is 19.2. The average Bonchev–Trinajstić information content (AvgIpc) is 2.70. The fourth-order valence-electron chi connectivity index (χ4n) is 2.38. The Balaban J connectivity index is 1.71. The number of non-ortho nitro benzene ring substituents is 1. The number of anilines is 1. The maximum Gasteiger partial charge on any atom is 0.273 e. The highest BCUT2D eigenvalue weighted by atomic mass is 16.6. The third kappa shape index (κ3) is 4.40. The Morgan fingerprint density at radius 1 is 0.963 bits per heavy atom. The van der Waals surface area contributed by atoms with Crippen LogP contribution in [0.15, 0.2) is 72.8 Å². The van der Waals surface area contributed by atoms with Crippen molar-refractivity contribution in [1.82, 2.24) is 0 Å². The van der Waals surface area contributed by atoms with Crippen LogP contribution < -0.4 is 14.8 Å². The van der Waals surface area contributed by atoms with Crippen molar-refractivity contribution in [3.05, 3.63) is 88.5 Å². The number of benzene rings is 3.